The quantitative estimate of drug-likeness (QED) is 0.0703. The molecule has 1 aromatic heterocycles. The second-order valence-electron chi connectivity index (χ2n) is 18.3. The number of likely N-dealkylation sites (tertiary alicyclic amines) is 1. The van der Waals surface area contributed by atoms with Gasteiger partial charge in [0, 0.05) is 44.3 Å². The maximum atomic E-state index is 14.9. The number of ether oxygens (including phenoxy) is 2. The number of aromatic nitrogens is 2. The number of likely N-dealkylation sites (N-methyl/N-ethyl adjacent to an activating group) is 1. The third kappa shape index (κ3) is 9.74. The summed E-state index contributed by atoms with van der Waals surface area (Å²) in [6.45, 7) is 16.4. The Balaban J connectivity index is 1.06. The summed E-state index contributed by atoms with van der Waals surface area (Å²) in [5.74, 6) is -0.813. The Morgan fingerprint density at radius 1 is 0.833 bits per heavy atom. The van der Waals surface area contributed by atoms with Gasteiger partial charge in [-0.05, 0) is 53.0 Å². The molecule has 5 aromatic rings. The number of alkyl halides is 3. The number of carbonyl (C=O) groups is 1. The second-order valence-corrected chi connectivity index (χ2v) is 22.5. The van der Waals surface area contributed by atoms with Crippen LogP contribution in [0.2, 0.25) is 5.04 Å². The van der Waals surface area contributed by atoms with Crippen molar-refractivity contribution < 1.29 is 36.3 Å². The topological polar surface area (TPSA) is 87.9 Å². The van der Waals surface area contributed by atoms with Crippen LogP contribution in [0.1, 0.15) is 49.6 Å². The van der Waals surface area contributed by atoms with E-state index in [1.807, 2.05) is 54.4 Å². The number of hydrogen-bond donors (Lipinski definition) is 0. The van der Waals surface area contributed by atoms with Crippen molar-refractivity contribution in [2.45, 2.75) is 76.2 Å². The lowest BCUT2D eigenvalue weighted by Crippen LogP contribution is -2.67. The number of anilines is 2. The van der Waals surface area contributed by atoms with Gasteiger partial charge >= 0.3 is 18.3 Å². The van der Waals surface area contributed by atoms with Gasteiger partial charge in [0.1, 0.15) is 36.5 Å². The molecule has 346 valence electrons. The van der Waals surface area contributed by atoms with E-state index in [2.05, 4.69) is 79.0 Å². The van der Waals surface area contributed by atoms with Crippen LogP contribution in [-0.2, 0) is 34.9 Å². The molecule has 4 heterocycles. The van der Waals surface area contributed by atoms with E-state index < -0.39 is 38.0 Å². The Bertz CT molecular complexity index is 2470. The second kappa shape index (κ2) is 19.4. The van der Waals surface area contributed by atoms with Gasteiger partial charge < -0.3 is 28.5 Å². The monoisotopic (exact) mass is 921 g/mol. The van der Waals surface area contributed by atoms with E-state index in [0.29, 0.717) is 31.0 Å². The van der Waals surface area contributed by atoms with E-state index in [1.54, 1.807) is 4.90 Å². The van der Waals surface area contributed by atoms with Gasteiger partial charge in [-0.3, -0.25) is 9.80 Å². The molecule has 0 unspecified atom stereocenters. The molecule has 4 aromatic carbocycles. The number of fused-ring (bicyclic) bond motifs is 1. The highest BCUT2D eigenvalue weighted by Crippen LogP contribution is 2.42. The summed E-state index contributed by atoms with van der Waals surface area (Å²) in [5.41, 5.74) is 0.428. The summed E-state index contributed by atoms with van der Waals surface area (Å²) in [6.07, 6.45) is -4.62. The zero-order chi connectivity index (χ0) is 46.6. The molecule has 2 fully saturated rings. The number of rotatable bonds is 12. The lowest BCUT2D eigenvalue weighted by molar-refractivity contribution is -0.139. The SMILES string of the molecule is [C-]#[N+]C[C@H]1CN(c2nc(OC[C@@H]3C[C@@H](O[Si](c4ccccc4)(c4ccccc4)C(C)(C)C)CN3C)nc3c2CCN(c2cccc(F)c2C(F)(F)F)C3)CCN1C(=O)OCc1ccccc1. The highest BCUT2D eigenvalue weighted by atomic mass is 28.4. The highest BCUT2D eigenvalue weighted by Gasteiger charge is 2.52. The van der Waals surface area contributed by atoms with Gasteiger partial charge in [-0.1, -0.05) is 118 Å². The minimum atomic E-state index is -4.92. The van der Waals surface area contributed by atoms with Gasteiger partial charge in [0.05, 0.1) is 24.0 Å². The van der Waals surface area contributed by atoms with E-state index in [4.69, 9.17) is 30.4 Å². The average Bonchev–Trinajstić information content (AvgIpc) is 3.66. The van der Waals surface area contributed by atoms with Crippen molar-refractivity contribution >= 4 is 36.3 Å². The fourth-order valence-electron chi connectivity index (χ4n) is 9.75. The number of carbonyl (C=O) groups excluding carboxylic acids is 1. The highest BCUT2D eigenvalue weighted by molar-refractivity contribution is 6.99. The molecule has 3 atom stereocenters. The molecule has 0 N–H and O–H groups in total. The summed E-state index contributed by atoms with van der Waals surface area (Å²) in [4.78, 5) is 34.2. The summed E-state index contributed by atoms with van der Waals surface area (Å²) in [6, 6.07) is 33.2. The van der Waals surface area contributed by atoms with Crippen molar-refractivity contribution in [1.29, 1.82) is 0 Å². The zero-order valence-electron chi connectivity index (χ0n) is 37.7. The molecule has 0 saturated carbocycles. The molecule has 0 aliphatic carbocycles. The summed E-state index contributed by atoms with van der Waals surface area (Å²) < 4.78 is 77.4. The maximum absolute atomic E-state index is 14.9. The van der Waals surface area contributed by atoms with E-state index in [9.17, 15) is 22.4 Å². The molecule has 1 amide bonds. The molecule has 0 spiro atoms. The number of nitrogens with zero attached hydrogens (tertiary/aromatic N) is 7. The minimum absolute atomic E-state index is 0.0201. The van der Waals surface area contributed by atoms with Crippen molar-refractivity contribution in [3.63, 3.8) is 0 Å². The van der Waals surface area contributed by atoms with E-state index >= 15 is 0 Å². The van der Waals surface area contributed by atoms with E-state index in [-0.39, 0.29) is 81.2 Å². The summed E-state index contributed by atoms with van der Waals surface area (Å²) in [5, 5.41) is 2.18. The standard InChI is InChI=1S/C50H55F4N7O4Si/c1-49(2,3)66(39-18-11-7-12-19-39,40-20-13-8-14-21-40)65-38-28-36(58(5)31-38)34-63-47-56-43-32-59(44-23-15-22-42(51)45(44)50(52,53)54)25-24-41(43)46(57-47)60-26-27-61(37(30-60)29-55-4)48(62)64-33-35-16-9-6-10-17-35/h6-23,36-38H,24-34H2,1-3,5H3/t36-,37-,38+/m0/s1. The Morgan fingerprint density at radius 3 is 2.14 bits per heavy atom. The third-order valence-corrected chi connectivity index (χ3v) is 18.1. The van der Waals surface area contributed by atoms with Crippen LogP contribution in [0.25, 0.3) is 4.85 Å². The molecule has 11 nitrogen and oxygen atoms in total. The van der Waals surface area contributed by atoms with Crippen LogP contribution in [0.3, 0.4) is 0 Å². The number of piperazine rings is 1. The number of benzene rings is 4. The van der Waals surface area contributed by atoms with Gasteiger partial charge in [0.25, 0.3) is 8.32 Å². The lowest BCUT2D eigenvalue weighted by atomic mass is 10.0. The first kappa shape index (κ1) is 46.5. The number of amides is 1. The van der Waals surface area contributed by atoms with Crippen LogP contribution >= 0.6 is 0 Å². The lowest BCUT2D eigenvalue weighted by Gasteiger charge is -2.44. The summed E-state index contributed by atoms with van der Waals surface area (Å²) >= 11 is 0. The van der Waals surface area contributed by atoms with Crippen LogP contribution in [0.5, 0.6) is 6.01 Å². The molecule has 66 heavy (non-hydrogen) atoms. The zero-order valence-corrected chi connectivity index (χ0v) is 38.7. The minimum Gasteiger partial charge on any atom is -0.462 e. The van der Waals surface area contributed by atoms with Crippen LogP contribution < -0.4 is 24.9 Å². The molecular formula is C50H55F4N7O4Si. The Morgan fingerprint density at radius 2 is 1.50 bits per heavy atom. The largest absolute Gasteiger partial charge is 0.462 e. The summed E-state index contributed by atoms with van der Waals surface area (Å²) in [7, 11) is -0.809. The molecule has 16 heteroatoms. The van der Waals surface area contributed by atoms with Crippen molar-refractivity contribution in [1.82, 2.24) is 19.8 Å². The van der Waals surface area contributed by atoms with Gasteiger partial charge in [-0.15, -0.1) is 0 Å². The number of halogens is 4. The fourth-order valence-corrected chi connectivity index (χ4v) is 14.4. The molecule has 0 bridgehead atoms. The fraction of sp³-hybridized carbons (Fsp3) is 0.400. The Hall–Kier alpha value is -6.02. The van der Waals surface area contributed by atoms with Crippen molar-refractivity contribution in [2.24, 2.45) is 0 Å². The normalized spacial score (nSPS) is 19.3. The van der Waals surface area contributed by atoms with Gasteiger partial charge in [-0.2, -0.15) is 23.1 Å². The van der Waals surface area contributed by atoms with Crippen LogP contribution in [0.4, 0.5) is 33.9 Å². The van der Waals surface area contributed by atoms with Crippen LogP contribution in [0, 0.1) is 12.4 Å². The molecule has 2 saturated heterocycles. The average molecular weight is 922 g/mol. The van der Waals surface area contributed by atoms with Crippen LogP contribution in [0.15, 0.2) is 109 Å². The molecular weight excluding hydrogens is 867 g/mol. The Labute approximate surface area is 384 Å². The van der Waals surface area contributed by atoms with Crippen molar-refractivity contribution in [3.05, 3.63) is 149 Å². The Kier molecular flexibility index (Phi) is 13.7. The van der Waals surface area contributed by atoms with Crippen molar-refractivity contribution in [2.75, 3.05) is 62.7 Å². The smallest absolute Gasteiger partial charge is 0.421 e. The van der Waals surface area contributed by atoms with Gasteiger partial charge in [-0.25, -0.2) is 15.8 Å². The molecule has 0 radical (unpaired) electrons. The predicted molar refractivity (Wildman–Crippen MR) is 248 cm³/mol. The van der Waals surface area contributed by atoms with Gasteiger partial charge in [0.15, 0.2) is 0 Å². The van der Waals surface area contributed by atoms with Crippen LogP contribution in [-0.4, -0.2) is 105 Å². The molecule has 3 aliphatic rings. The first-order chi connectivity index (χ1) is 31.7. The number of hydrogen-bond acceptors (Lipinski definition) is 9. The molecule has 3 aliphatic heterocycles. The van der Waals surface area contributed by atoms with E-state index in [1.165, 1.54) is 27.4 Å². The first-order valence-electron chi connectivity index (χ1n) is 22.3. The van der Waals surface area contributed by atoms with Gasteiger partial charge in [0.2, 0.25) is 6.54 Å². The van der Waals surface area contributed by atoms with Crippen molar-refractivity contribution in [3.8, 4) is 6.01 Å². The van der Waals surface area contributed by atoms with E-state index in [0.717, 1.165) is 17.2 Å². The third-order valence-electron chi connectivity index (χ3n) is 13.0. The predicted octanol–water partition coefficient (Wildman–Crippen LogP) is 7.97. The maximum Gasteiger partial charge on any atom is 0.421 e. The molecule has 8 rings (SSSR count). The first-order valence-corrected chi connectivity index (χ1v) is 24.2.